The van der Waals surface area contributed by atoms with Crippen LogP contribution in [0, 0.1) is 5.92 Å². The number of anilines is 4. The summed E-state index contributed by atoms with van der Waals surface area (Å²) >= 11 is 5.37. The lowest BCUT2D eigenvalue weighted by Gasteiger charge is -2.14. The van der Waals surface area contributed by atoms with E-state index in [0.717, 1.165) is 17.8 Å². The number of para-hydroxylation sites is 2. The van der Waals surface area contributed by atoms with Crippen molar-refractivity contribution >= 4 is 51.9 Å². The van der Waals surface area contributed by atoms with Gasteiger partial charge < -0.3 is 20.7 Å². The van der Waals surface area contributed by atoms with Gasteiger partial charge in [0.15, 0.2) is 5.11 Å². The first-order valence-corrected chi connectivity index (χ1v) is 13.5. The lowest BCUT2D eigenvalue weighted by molar-refractivity contribution is 0.0976. The van der Waals surface area contributed by atoms with Crippen molar-refractivity contribution < 1.29 is 14.3 Å². The predicted octanol–water partition coefficient (Wildman–Crippen LogP) is 7.23. The van der Waals surface area contributed by atoms with E-state index in [2.05, 4.69) is 35.1 Å². The summed E-state index contributed by atoms with van der Waals surface area (Å²) in [5, 5.41) is 11.9. The summed E-state index contributed by atoms with van der Waals surface area (Å²) in [7, 11) is 0. The van der Waals surface area contributed by atoms with Gasteiger partial charge in [0.1, 0.15) is 5.75 Å². The van der Waals surface area contributed by atoms with E-state index in [4.69, 9.17) is 17.0 Å². The minimum absolute atomic E-state index is 0.0766. The number of carbonyl (C=O) groups excluding carboxylic acids is 2. The molecule has 0 bridgehead atoms. The molecule has 0 aliphatic heterocycles. The molecule has 4 aromatic rings. The summed E-state index contributed by atoms with van der Waals surface area (Å²) in [5.41, 5.74) is 3.79. The lowest BCUT2D eigenvalue weighted by Crippen LogP contribution is -2.34. The molecule has 0 saturated heterocycles. The van der Waals surface area contributed by atoms with Crippen LogP contribution in [0.15, 0.2) is 103 Å². The number of benzene rings is 4. The topological polar surface area (TPSA) is 91.5 Å². The standard InChI is InChI=1S/C32H32N4O3S/c1-22(2)19-20-39-27-12-8-9-23(21-27)30(37)36-32(40)35-29-14-7-6-13-28(29)31(38)34-26-17-15-25(16-18-26)33-24-10-4-3-5-11-24/h3-18,21-22,33H,19-20H2,1-2H3,(H,34,38)(H2,35,36,37,40). The maximum absolute atomic E-state index is 13.1. The van der Waals surface area contributed by atoms with Gasteiger partial charge >= 0.3 is 0 Å². The second-order valence-electron chi connectivity index (χ2n) is 9.54. The fourth-order valence-corrected chi connectivity index (χ4v) is 3.98. The smallest absolute Gasteiger partial charge is 0.257 e. The van der Waals surface area contributed by atoms with Crippen molar-refractivity contribution in [2.45, 2.75) is 20.3 Å². The van der Waals surface area contributed by atoms with E-state index in [-0.39, 0.29) is 16.9 Å². The number of hydrogen-bond donors (Lipinski definition) is 4. The first-order chi connectivity index (χ1) is 19.4. The maximum atomic E-state index is 13.1. The van der Waals surface area contributed by atoms with Crippen LogP contribution in [0.25, 0.3) is 0 Å². The molecule has 7 nitrogen and oxygen atoms in total. The molecule has 0 atom stereocenters. The number of rotatable bonds is 10. The summed E-state index contributed by atoms with van der Waals surface area (Å²) in [6.45, 7) is 4.84. The highest BCUT2D eigenvalue weighted by Gasteiger charge is 2.14. The Morgan fingerprint density at radius 2 is 1.43 bits per heavy atom. The van der Waals surface area contributed by atoms with Crippen molar-refractivity contribution in [3.8, 4) is 5.75 Å². The van der Waals surface area contributed by atoms with Crippen molar-refractivity contribution in [3.05, 3.63) is 114 Å². The van der Waals surface area contributed by atoms with Crippen molar-refractivity contribution in [2.75, 3.05) is 22.6 Å². The number of hydrogen-bond acceptors (Lipinski definition) is 5. The Morgan fingerprint density at radius 1 is 0.750 bits per heavy atom. The molecular weight excluding hydrogens is 520 g/mol. The Kier molecular flexibility index (Phi) is 9.85. The van der Waals surface area contributed by atoms with E-state index in [1.54, 1.807) is 42.5 Å². The summed E-state index contributed by atoms with van der Waals surface area (Å²) in [5.74, 6) is 0.464. The number of amides is 2. The van der Waals surface area contributed by atoms with Crippen LogP contribution in [0.1, 0.15) is 41.0 Å². The molecule has 4 aromatic carbocycles. The summed E-state index contributed by atoms with van der Waals surface area (Å²) in [4.78, 5) is 25.9. The van der Waals surface area contributed by atoms with Gasteiger partial charge in [0.2, 0.25) is 0 Å². The molecule has 204 valence electrons. The molecule has 0 aliphatic carbocycles. The van der Waals surface area contributed by atoms with E-state index < -0.39 is 0 Å². The molecule has 0 heterocycles. The van der Waals surface area contributed by atoms with Gasteiger partial charge in [-0.05, 0) is 91.3 Å². The molecule has 0 aliphatic rings. The third-order valence-corrected chi connectivity index (χ3v) is 6.12. The van der Waals surface area contributed by atoms with Crippen molar-refractivity contribution in [1.82, 2.24) is 5.32 Å². The molecule has 40 heavy (non-hydrogen) atoms. The first kappa shape index (κ1) is 28.3. The van der Waals surface area contributed by atoms with Gasteiger partial charge in [-0.1, -0.05) is 50.2 Å². The van der Waals surface area contributed by atoms with Crippen LogP contribution in [-0.4, -0.2) is 23.5 Å². The van der Waals surface area contributed by atoms with E-state index in [0.29, 0.717) is 40.8 Å². The average Bonchev–Trinajstić information content (AvgIpc) is 2.95. The van der Waals surface area contributed by atoms with E-state index >= 15 is 0 Å². The van der Waals surface area contributed by atoms with Gasteiger partial charge in [-0.15, -0.1) is 0 Å². The fourth-order valence-electron chi connectivity index (χ4n) is 3.78. The molecule has 0 radical (unpaired) electrons. The second kappa shape index (κ2) is 13.9. The van der Waals surface area contributed by atoms with Crippen LogP contribution in [0.5, 0.6) is 5.75 Å². The Bertz CT molecular complexity index is 1460. The van der Waals surface area contributed by atoms with Crippen molar-refractivity contribution in [3.63, 3.8) is 0 Å². The second-order valence-corrected chi connectivity index (χ2v) is 9.94. The van der Waals surface area contributed by atoms with Crippen molar-refractivity contribution in [2.24, 2.45) is 5.92 Å². The van der Waals surface area contributed by atoms with Crippen LogP contribution >= 0.6 is 12.2 Å². The van der Waals surface area contributed by atoms with E-state index in [1.807, 2.05) is 60.7 Å². The summed E-state index contributed by atoms with van der Waals surface area (Å²) < 4.78 is 5.76. The highest BCUT2D eigenvalue weighted by Crippen LogP contribution is 2.21. The molecule has 0 saturated carbocycles. The molecule has 2 amide bonds. The maximum Gasteiger partial charge on any atom is 0.257 e. The van der Waals surface area contributed by atoms with Crippen LogP contribution < -0.4 is 26.0 Å². The van der Waals surface area contributed by atoms with Gasteiger partial charge in [-0.2, -0.15) is 0 Å². The Labute approximate surface area is 240 Å². The highest BCUT2D eigenvalue weighted by atomic mass is 32.1. The van der Waals surface area contributed by atoms with Crippen LogP contribution in [-0.2, 0) is 0 Å². The average molecular weight is 553 g/mol. The largest absolute Gasteiger partial charge is 0.494 e. The minimum Gasteiger partial charge on any atom is -0.494 e. The normalized spacial score (nSPS) is 10.5. The molecule has 0 fully saturated rings. The highest BCUT2D eigenvalue weighted by molar-refractivity contribution is 7.80. The summed E-state index contributed by atoms with van der Waals surface area (Å²) in [6.07, 6.45) is 0.925. The first-order valence-electron chi connectivity index (χ1n) is 13.0. The van der Waals surface area contributed by atoms with Gasteiger partial charge in [0.05, 0.1) is 17.9 Å². The lowest BCUT2D eigenvalue weighted by atomic mass is 10.1. The summed E-state index contributed by atoms with van der Waals surface area (Å²) in [6, 6.07) is 31.2. The number of ether oxygens (including phenoxy) is 1. The minimum atomic E-state index is -0.377. The molecule has 4 rings (SSSR count). The number of nitrogens with one attached hydrogen (secondary N) is 4. The van der Waals surface area contributed by atoms with Crippen LogP contribution in [0.3, 0.4) is 0 Å². The number of thiocarbonyl (C=S) groups is 1. The quantitative estimate of drug-likeness (QED) is 0.155. The molecular formula is C32H32N4O3S. The molecule has 8 heteroatoms. The Balaban J connectivity index is 1.35. The zero-order valence-corrected chi connectivity index (χ0v) is 23.3. The fraction of sp³-hybridized carbons (Fsp3) is 0.156. The SMILES string of the molecule is CC(C)CCOc1cccc(C(=O)NC(=S)Nc2ccccc2C(=O)Nc2ccc(Nc3ccccc3)cc2)c1. The van der Waals surface area contributed by atoms with Gasteiger partial charge in [0, 0.05) is 22.6 Å². The predicted molar refractivity (Wildman–Crippen MR) is 166 cm³/mol. The van der Waals surface area contributed by atoms with Crippen LogP contribution in [0.4, 0.5) is 22.7 Å². The van der Waals surface area contributed by atoms with E-state index in [1.165, 1.54) is 0 Å². The van der Waals surface area contributed by atoms with Gasteiger partial charge in [-0.25, -0.2) is 0 Å². The molecule has 0 spiro atoms. The van der Waals surface area contributed by atoms with Crippen LogP contribution in [0.2, 0.25) is 0 Å². The molecule has 4 N–H and O–H groups in total. The zero-order chi connectivity index (χ0) is 28.3. The molecule has 0 unspecified atom stereocenters. The zero-order valence-electron chi connectivity index (χ0n) is 22.4. The van der Waals surface area contributed by atoms with Gasteiger partial charge in [-0.3, -0.25) is 14.9 Å². The Morgan fingerprint density at radius 3 is 2.17 bits per heavy atom. The van der Waals surface area contributed by atoms with Crippen molar-refractivity contribution in [1.29, 1.82) is 0 Å². The number of carbonyl (C=O) groups is 2. The molecule has 0 aromatic heterocycles. The Hall–Kier alpha value is -4.69. The van der Waals surface area contributed by atoms with Gasteiger partial charge in [0.25, 0.3) is 11.8 Å². The third kappa shape index (κ3) is 8.41. The monoisotopic (exact) mass is 552 g/mol. The van der Waals surface area contributed by atoms with E-state index in [9.17, 15) is 9.59 Å². The third-order valence-electron chi connectivity index (χ3n) is 5.91.